The topological polar surface area (TPSA) is 78.3 Å². The summed E-state index contributed by atoms with van der Waals surface area (Å²) in [4.78, 5) is 17.9. The minimum absolute atomic E-state index is 0.297. The second-order valence-electron chi connectivity index (χ2n) is 9.23. The monoisotopic (exact) mass is 594 g/mol. The summed E-state index contributed by atoms with van der Waals surface area (Å²) in [5.74, 6) is 1.59. The second kappa shape index (κ2) is 12.8. The quantitative estimate of drug-likeness (QED) is 0.149. The van der Waals surface area contributed by atoms with Crippen molar-refractivity contribution >= 4 is 46.9 Å². The van der Waals surface area contributed by atoms with E-state index >= 15 is 0 Å². The average Bonchev–Trinajstić information content (AvgIpc) is 3.37. The van der Waals surface area contributed by atoms with Crippen LogP contribution in [0.4, 0.5) is 5.95 Å². The van der Waals surface area contributed by atoms with Gasteiger partial charge >= 0.3 is 5.97 Å². The van der Waals surface area contributed by atoms with Gasteiger partial charge in [0.1, 0.15) is 18.4 Å². The zero-order chi connectivity index (χ0) is 28.1. The molecule has 10 heteroatoms. The van der Waals surface area contributed by atoms with Gasteiger partial charge in [-0.3, -0.25) is 0 Å². The Morgan fingerprint density at radius 3 is 2.58 bits per heavy atom. The van der Waals surface area contributed by atoms with E-state index < -0.39 is 6.04 Å². The van der Waals surface area contributed by atoms with Crippen molar-refractivity contribution < 1.29 is 14.3 Å². The molecule has 0 saturated heterocycles. The second-order valence-corrected chi connectivity index (χ2v) is 11.0. The Morgan fingerprint density at radius 2 is 1.85 bits per heavy atom. The van der Waals surface area contributed by atoms with Gasteiger partial charge in [0.25, 0.3) is 0 Å². The molecule has 5 rings (SSSR count). The fourth-order valence-electron chi connectivity index (χ4n) is 4.31. The summed E-state index contributed by atoms with van der Waals surface area (Å²) >= 11 is 13.8. The van der Waals surface area contributed by atoms with Crippen molar-refractivity contribution in [2.45, 2.75) is 43.8 Å². The lowest BCUT2D eigenvalue weighted by Gasteiger charge is -2.28. The number of aromatic nitrogens is 3. The van der Waals surface area contributed by atoms with Crippen LogP contribution in [0.25, 0.3) is 0 Å². The van der Waals surface area contributed by atoms with Gasteiger partial charge in [0, 0.05) is 27.1 Å². The predicted octanol–water partition coefficient (Wildman–Crippen LogP) is 7.70. The molecule has 40 heavy (non-hydrogen) atoms. The molecule has 0 aliphatic carbocycles. The van der Waals surface area contributed by atoms with E-state index in [4.69, 9.17) is 42.8 Å². The third kappa shape index (κ3) is 6.46. The molecular weight excluding hydrogens is 567 g/mol. The number of nitrogens with zero attached hydrogens (tertiary/aromatic N) is 3. The molecule has 1 unspecified atom stereocenters. The molecule has 1 N–H and O–H groups in total. The number of ether oxygens (including phenoxy) is 2. The lowest BCUT2D eigenvalue weighted by atomic mass is 9.96. The number of hydrogen-bond donors (Lipinski definition) is 1. The van der Waals surface area contributed by atoms with Gasteiger partial charge in [-0.15, -0.1) is 5.10 Å². The van der Waals surface area contributed by atoms with Crippen LogP contribution in [0.5, 0.6) is 5.75 Å². The van der Waals surface area contributed by atoms with Crippen molar-refractivity contribution in [1.82, 2.24) is 14.8 Å². The number of nitrogens with one attached hydrogen (secondary N) is 1. The zero-order valence-electron chi connectivity index (χ0n) is 22.1. The van der Waals surface area contributed by atoms with Crippen molar-refractivity contribution in [3.63, 3.8) is 0 Å². The summed E-state index contributed by atoms with van der Waals surface area (Å²) < 4.78 is 13.3. The first-order valence-corrected chi connectivity index (χ1v) is 14.6. The number of halogens is 2. The molecule has 1 aliphatic rings. The zero-order valence-corrected chi connectivity index (χ0v) is 24.4. The molecule has 0 spiro atoms. The maximum atomic E-state index is 13.2. The van der Waals surface area contributed by atoms with Gasteiger partial charge in [-0.05, 0) is 48.7 Å². The largest absolute Gasteiger partial charge is 0.489 e. The lowest BCUT2D eigenvalue weighted by molar-refractivity contribution is -0.139. The Balaban J connectivity index is 1.41. The predicted molar refractivity (Wildman–Crippen MR) is 159 cm³/mol. The minimum atomic E-state index is -0.515. The summed E-state index contributed by atoms with van der Waals surface area (Å²) in [5.41, 5.74) is 4.04. The highest BCUT2D eigenvalue weighted by Gasteiger charge is 2.35. The number of thioether (sulfide) groups is 1. The van der Waals surface area contributed by atoms with Crippen LogP contribution < -0.4 is 10.1 Å². The number of carbonyl (C=O) groups is 1. The molecule has 2 heterocycles. The summed E-state index contributed by atoms with van der Waals surface area (Å²) in [6.45, 7) is 4.46. The lowest BCUT2D eigenvalue weighted by Crippen LogP contribution is -2.29. The van der Waals surface area contributed by atoms with Gasteiger partial charge in [0.05, 0.1) is 12.2 Å². The van der Waals surface area contributed by atoms with E-state index in [1.54, 1.807) is 28.6 Å². The van der Waals surface area contributed by atoms with E-state index in [-0.39, 0.29) is 5.97 Å². The maximum Gasteiger partial charge on any atom is 0.338 e. The van der Waals surface area contributed by atoms with Gasteiger partial charge in [0.15, 0.2) is 0 Å². The van der Waals surface area contributed by atoms with Crippen LogP contribution in [-0.4, -0.2) is 27.3 Å². The summed E-state index contributed by atoms with van der Waals surface area (Å²) in [5, 5.41) is 9.79. The maximum absolute atomic E-state index is 13.2. The highest BCUT2D eigenvalue weighted by Crippen LogP contribution is 2.37. The highest BCUT2D eigenvalue weighted by atomic mass is 35.5. The van der Waals surface area contributed by atoms with Crippen molar-refractivity contribution in [1.29, 1.82) is 0 Å². The van der Waals surface area contributed by atoms with E-state index in [1.165, 1.54) is 5.56 Å². The molecule has 206 valence electrons. The Hall–Kier alpha value is -3.46. The first kappa shape index (κ1) is 28.1. The highest BCUT2D eigenvalue weighted by molar-refractivity contribution is 7.98. The first-order valence-electron chi connectivity index (χ1n) is 12.9. The van der Waals surface area contributed by atoms with Crippen molar-refractivity contribution in [3.05, 3.63) is 111 Å². The molecule has 3 aromatic carbocycles. The number of allylic oxidation sites excluding steroid dienone is 1. The molecule has 7 nitrogen and oxygen atoms in total. The number of carbonyl (C=O) groups excluding carboxylic acids is 1. The molecule has 1 atom stereocenters. The molecule has 0 radical (unpaired) electrons. The number of anilines is 1. The molecule has 0 fully saturated rings. The van der Waals surface area contributed by atoms with E-state index in [2.05, 4.69) is 17.4 Å². The molecule has 0 bridgehead atoms. The van der Waals surface area contributed by atoms with E-state index in [0.717, 1.165) is 23.3 Å². The number of rotatable bonds is 10. The Kier molecular flexibility index (Phi) is 8.99. The number of benzene rings is 3. The number of esters is 1. The Labute approximate surface area is 247 Å². The Bertz CT molecular complexity index is 1520. The molecule has 1 aromatic heterocycles. The van der Waals surface area contributed by atoms with Gasteiger partial charge in [-0.2, -0.15) is 4.98 Å². The van der Waals surface area contributed by atoms with Crippen LogP contribution in [0.15, 0.2) is 89.2 Å². The Morgan fingerprint density at radius 1 is 1.07 bits per heavy atom. The van der Waals surface area contributed by atoms with E-state index in [0.29, 0.717) is 51.4 Å². The van der Waals surface area contributed by atoms with Crippen molar-refractivity contribution in [2.75, 3.05) is 11.9 Å². The molecule has 4 aromatic rings. The molecular formula is C30H28Cl2N4O3S. The number of fused-ring (bicyclic) bond motifs is 1. The summed E-state index contributed by atoms with van der Waals surface area (Å²) in [6, 6.07) is 22.6. The van der Waals surface area contributed by atoms with Gasteiger partial charge in [-0.1, -0.05) is 90.4 Å². The van der Waals surface area contributed by atoms with Gasteiger partial charge in [0.2, 0.25) is 11.1 Å². The first-order chi connectivity index (χ1) is 19.4. The summed E-state index contributed by atoms with van der Waals surface area (Å²) in [6.07, 6.45) is 0.731. The van der Waals surface area contributed by atoms with Crippen LogP contribution in [-0.2, 0) is 21.9 Å². The van der Waals surface area contributed by atoms with E-state index in [1.807, 2.05) is 62.4 Å². The smallest absolute Gasteiger partial charge is 0.338 e. The summed E-state index contributed by atoms with van der Waals surface area (Å²) in [7, 11) is 0. The molecule has 0 amide bonds. The van der Waals surface area contributed by atoms with Gasteiger partial charge < -0.3 is 14.8 Å². The van der Waals surface area contributed by atoms with Crippen LogP contribution >= 0.6 is 35.0 Å². The van der Waals surface area contributed by atoms with Crippen LogP contribution in [0, 0.1) is 0 Å². The average molecular weight is 596 g/mol. The SMILES string of the molecule is CCCOC(=O)C1=C(C)Nc2nc(SCc3ccccc3)nn2C1c1ccc(OCc2ccc(Cl)cc2Cl)cc1. The third-order valence-corrected chi connectivity index (χ3v) is 7.80. The molecule has 0 saturated carbocycles. The fourth-order valence-corrected chi connectivity index (χ4v) is 5.55. The number of hydrogen-bond acceptors (Lipinski definition) is 7. The third-order valence-electron chi connectivity index (χ3n) is 6.31. The van der Waals surface area contributed by atoms with E-state index in [9.17, 15) is 4.79 Å². The fraction of sp³-hybridized carbons (Fsp3) is 0.233. The van der Waals surface area contributed by atoms with Crippen molar-refractivity contribution in [3.8, 4) is 5.75 Å². The minimum Gasteiger partial charge on any atom is -0.489 e. The normalized spacial score (nSPS) is 14.4. The van der Waals surface area contributed by atoms with Crippen LogP contribution in [0.1, 0.15) is 43.0 Å². The standard InChI is InChI=1S/C30H28Cl2N4O3S/c1-3-15-38-28(37)26-19(2)33-29-34-30(40-18-20-7-5-4-6-8-20)35-36(29)27(26)21-10-13-24(14-11-21)39-17-22-9-12-23(31)16-25(22)32/h4-14,16,27H,3,15,17-18H2,1-2H3,(H,33,34,35). The molecule has 1 aliphatic heterocycles. The van der Waals surface area contributed by atoms with Crippen molar-refractivity contribution in [2.24, 2.45) is 0 Å². The van der Waals surface area contributed by atoms with Crippen LogP contribution in [0.2, 0.25) is 10.0 Å². The van der Waals surface area contributed by atoms with Gasteiger partial charge in [-0.25, -0.2) is 9.48 Å². The van der Waals surface area contributed by atoms with Crippen LogP contribution in [0.3, 0.4) is 0 Å².